The Morgan fingerprint density at radius 2 is 1.15 bits per heavy atom. The van der Waals surface area contributed by atoms with Gasteiger partial charge >= 0.3 is 0 Å². The molecule has 11 aromatic rings. The van der Waals surface area contributed by atoms with E-state index in [1.807, 2.05) is 48.5 Å². The van der Waals surface area contributed by atoms with Crippen molar-refractivity contribution in [1.82, 2.24) is 4.57 Å². The number of hydrogen-bond acceptors (Lipinski definition) is 2. The first-order chi connectivity index (χ1) is 30.0. The molecule has 2 aromatic heterocycles. The van der Waals surface area contributed by atoms with Gasteiger partial charge in [-0.1, -0.05) is 127 Å². The number of aromatic nitrogens is 1. The normalized spacial score (nSPS) is 13.0. The van der Waals surface area contributed by atoms with Crippen LogP contribution >= 0.6 is 0 Å². The van der Waals surface area contributed by atoms with Crippen LogP contribution in [0.5, 0.6) is 0 Å². The highest BCUT2D eigenvalue weighted by Crippen LogP contribution is 2.61. The van der Waals surface area contributed by atoms with Crippen molar-refractivity contribution in [2.45, 2.75) is 12.3 Å². The lowest BCUT2D eigenvalue weighted by Crippen LogP contribution is -2.29. The van der Waals surface area contributed by atoms with E-state index in [9.17, 15) is 0 Å². The molecule has 0 unspecified atom stereocenters. The third-order valence-corrected chi connectivity index (χ3v) is 12.6. The minimum absolute atomic E-state index is 0.368. The number of halogens is 2. The van der Waals surface area contributed by atoms with Gasteiger partial charge in [0.25, 0.3) is 0 Å². The molecule has 0 saturated heterocycles. The number of benzene rings is 9. The second kappa shape index (κ2) is 13.4. The van der Waals surface area contributed by atoms with Crippen LogP contribution in [0.15, 0.2) is 205 Å². The highest BCUT2D eigenvalue weighted by molar-refractivity contribution is 6.20. The van der Waals surface area contributed by atoms with E-state index >= 15 is 8.78 Å². The first-order valence-electron chi connectivity index (χ1n) is 20.6. The maximum absolute atomic E-state index is 15.7. The Morgan fingerprint density at radius 1 is 0.508 bits per heavy atom. The Labute approximate surface area is 351 Å². The van der Waals surface area contributed by atoms with Gasteiger partial charge in [-0.15, -0.1) is 0 Å². The number of anilines is 3. The molecule has 61 heavy (non-hydrogen) atoms. The van der Waals surface area contributed by atoms with Crippen molar-refractivity contribution in [3.05, 3.63) is 240 Å². The summed E-state index contributed by atoms with van der Waals surface area (Å²) in [7, 11) is 0. The van der Waals surface area contributed by atoms with Crippen LogP contribution in [0.1, 0.15) is 27.8 Å². The highest BCUT2D eigenvalue weighted by atomic mass is 19.1. The first kappa shape index (κ1) is 35.2. The van der Waals surface area contributed by atoms with E-state index < -0.39 is 5.41 Å². The monoisotopic (exact) mass is 790 g/mol. The van der Waals surface area contributed by atoms with Gasteiger partial charge in [0.1, 0.15) is 22.8 Å². The number of rotatable bonds is 6. The summed E-state index contributed by atoms with van der Waals surface area (Å²) in [6.45, 7) is 2.10. The molecular formula is C56H36F2N2O. The van der Waals surface area contributed by atoms with Crippen molar-refractivity contribution >= 4 is 60.8 Å². The van der Waals surface area contributed by atoms with E-state index in [2.05, 4.69) is 132 Å². The molecule has 0 radical (unpaired) electrons. The second-order valence-electron chi connectivity index (χ2n) is 16.0. The molecule has 0 saturated carbocycles. The van der Waals surface area contributed by atoms with Gasteiger partial charge in [-0.3, -0.25) is 0 Å². The zero-order valence-corrected chi connectivity index (χ0v) is 33.1. The van der Waals surface area contributed by atoms with Crippen LogP contribution in [0, 0.1) is 18.6 Å². The Hall–Kier alpha value is -7.76. The molecule has 9 aromatic carbocycles. The van der Waals surface area contributed by atoms with Crippen molar-refractivity contribution in [1.29, 1.82) is 0 Å². The van der Waals surface area contributed by atoms with E-state index in [1.165, 1.54) is 17.5 Å². The van der Waals surface area contributed by atoms with E-state index in [-0.39, 0.29) is 11.6 Å². The van der Waals surface area contributed by atoms with Crippen molar-refractivity contribution in [2.75, 3.05) is 4.90 Å². The molecule has 0 atom stereocenters. The molecule has 12 rings (SSSR count). The maximum Gasteiger partial charge on any atom is 0.145 e. The number of fused-ring (bicyclic) bond motifs is 10. The van der Waals surface area contributed by atoms with Crippen LogP contribution in [0.4, 0.5) is 25.8 Å². The number of aryl methyl sites for hydroxylation is 1. The van der Waals surface area contributed by atoms with E-state index in [0.717, 1.165) is 83.3 Å². The predicted molar refractivity (Wildman–Crippen MR) is 245 cm³/mol. The van der Waals surface area contributed by atoms with E-state index in [1.54, 1.807) is 24.3 Å². The summed E-state index contributed by atoms with van der Waals surface area (Å²) >= 11 is 0. The van der Waals surface area contributed by atoms with Gasteiger partial charge < -0.3 is 13.9 Å². The molecule has 290 valence electrons. The molecule has 3 nitrogen and oxygen atoms in total. The molecule has 0 amide bonds. The predicted octanol–water partition coefficient (Wildman–Crippen LogP) is 15.1. The lowest BCUT2D eigenvalue weighted by atomic mass is 9.67. The van der Waals surface area contributed by atoms with Gasteiger partial charge in [-0.2, -0.15) is 0 Å². The third-order valence-electron chi connectivity index (χ3n) is 12.6. The van der Waals surface area contributed by atoms with Crippen LogP contribution in [-0.2, 0) is 5.41 Å². The van der Waals surface area contributed by atoms with Crippen LogP contribution in [0.3, 0.4) is 0 Å². The Morgan fingerprint density at radius 3 is 1.90 bits per heavy atom. The van der Waals surface area contributed by atoms with Crippen LogP contribution in [-0.4, -0.2) is 4.57 Å². The van der Waals surface area contributed by atoms with Crippen molar-refractivity contribution in [3.8, 4) is 16.8 Å². The summed E-state index contributed by atoms with van der Waals surface area (Å²) in [5, 5.41) is 4.23. The standard InChI is InChI=1S/C56H36F2N2O/c1-35-25-27-41(28-26-35)59(42-29-30-44-43-19-6-9-23-49(43)60(50(44)33-42)40-17-3-2-4-18-40)51-34-48-53(55-54(51)46-21-7-10-24-52(46)61-55)45-20-5-8-22-47(45)56(48,36-13-11-15-38(57)31-36)37-14-12-16-39(58)32-37/h2-34H,1H3. The van der Waals surface area contributed by atoms with Crippen LogP contribution in [0.2, 0.25) is 0 Å². The third kappa shape index (κ3) is 5.14. The zero-order valence-electron chi connectivity index (χ0n) is 33.1. The van der Waals surface area contributed by atoms with E-state index in [0.29, 0.717) is 16.7 Å². The smallest absolute Gasteiger partial charge is 0.145 e. The summed E-state index contributed by atoms with van der Waals surface area (Å²) in [4.78, 5) is 2.32. The molecule has 0 N–H and O–H groups in total. The quantitative estimate of drug-likeness (QED) is 0.167. The highest BCUT2D eigenvalue weighted by Gasteiger charge is 2.48. The first-order valence-corrected chi connectivity index (χ1v) is 20.6. The molecule has 1 aliphatic carbocycles. The topological polar surface area (TPSA) is 21.3 Å². The van der Waals surface area contributed by atoms with Crippen LogP contribution < -0.4 is 4.90 Å². The maximum atomic E-state index is 15.7. The van der Waals surface area contributed by atoms with Gasteiger partial charge in [0.05, 0.1) is 27.5 Å². The molecule has 0 bridgehead atoms. The molecule has 1 aliphatic rings. The summed E-state index contributed by atoms with van der Waals surface area (Å²) in [5.74, 6) is -0.736. The van der Waals surface area contributed by atoms with Gasteiger partial charge in [0.2, 0.25) is 0 Å². The zero-order chi connectivity index (χ0) is 40.8. The van der Waals surface area contributed by atoms with Crippen molar-refractivity contribution < 1.29 is 13.2 Å². The van der Waals surface area contributed by atoms with Gasteiger partial charge in [-0.25, -0.2) is 8.78 Å². The molecule has 0 fully saturated rings. The van der Waals surface area contributed by atoms with Gasteiger partial charge in [0, 0.05) is 38.8 Å². The van der Waals surface area contributed by atoms with Crippen molar-refractivity contribution in [2.24, 2.45) is 0 Å². The van der Waals surface area contributed by atoms with Gasteiger partial charge in [0.15, 0.2) is 0 Å². The lowest BCUT2D eigenvalue weighted by Gasteiger charge is -2.35. The van der Waals surface area contributed by atoms with Crippen LogP contribution in [0.25, 0.3) is 60.6 Å². The minimum Gasteiger partial charge on any atom is -0.455 e. The molecule has 5 heteroatoms. The van der Waals surface area contributed by atoms with Crippen molar-refractivity contribution in [3.63, 3.8) is 0 Å². The summed E-state index contributed by atoms with van der Waals surface area (Å²) < 4.78 is 40.7. The molecule has 0 aliphatic heterocycles. The number of para-hydroxylation sites is 3. The molecular weight excluding hydrogens is 755 g/mol. The summed E-state index contributed by atoms with van der Waals surface area (Å²) in [6.07, 6.45) is 0. The number of nitrogens with zero attached hydrogens (tertiary/aromatic N) is 2. The molecule has 0 spiro atoms. The summed E-state index contributed by atoms with van der Waals surface area (Å²) in [5.41, 5.74) is 12.6. The fraction of sp³-hybridized carbons (Fsp3) is 0.0357. The number of hydrogen-bond donors (Lipinski definition) is 0. The summed E-state index contributed by atoms with van der Waals surface area (Å²) in [6, 6.07) is 66.5. The number of furan rings is 1. The fourth-order valence-electron chi connectivity index (χ4n) is 10.1. The SMILES string of the molecule is Cc1ccc(N(c2ccc3c4ccccc4n(-c4ccccc4)c3c2)c2cc3c(c4oc5ccccc5c24)-c2ccccc2C3(c2cccc(F)c2)c2cccc(F)c2)cc1. The molecule has 2 heterocycles. The minimum atomic E-state index is -1.11. The fourth-order valence-corrected chi connectivity index (χ4v) is 10.1. The van der Waals surface area contributed by atoms with E-state index in [4.69, 9.17) is 4.42 Å². The Bertz CT molecular complexity index is 3480. The Balaban J connectivity index is 1.25. The average molecular weight is 791 g/mol. The lowest BCUT2D eigenvalue weighted by molar-refractivity contribution is 0.613. The second-order valence-corrected chi connectivity index (χ2v) is 16.0. The Kier molecular flexibility index (Phi) is 7.72. The largest absolute Gasteiger partial charge is 0.455 e. The van der Waals surface area contributed by atoms with Gasteiger partial charge in [-0.05, 0) is 114 Å². The average Bonchev–Trinajstić information content (AvgIpc) is 3.94.